The van der Waals surface area contributed by atoms with Gasteiger partial charge in [-0.15, -0.1) is 0 Å². The van der Waals surface area contributed by atoms with Crippen molar-refractivity contribution >= 4 is 17.4 Å². The van der Waals surface area contributed by atoms with E-state index in [-0.39, 0.29) is 0 Å². The fourth-order valence-electron chi connectivity index (χ4n) is 1.56. The van der Waals surface area contributed by atoms with Crippen molar-refractivity contribution in [2.45, 2.75) is 20.4 Å². The van der Waals surface area contributed by atoms with Gasteiger partial charge in [-0.3, -0.25) is 4.68 Å². The van der Waals surface area contributed by atoms with Gasteiger partial charge in [-0.05, 0) is 13.8 Å². The Hall–Kier alpha value is -1.49. The fourth-order valence-corrected chi connectivity index (χ4v) is 1.69. The van der Waals surface area contributed by atoms with Crippen molar-refractivity contribution in [2.75, 3.05) is 5.73 Å². The average Bonchev–Trinajstić information content (AvgIpc) is 2.68. The standard InChI is InChI=1S/C10H14ClN5/c1-6-9(11)10(12)16(14-6)5-8-4-13-15(3)7(8)2/h4H,5,12H2,1-3H3. The molecule has 0 spiro atoms. The molecule has 0 saturated heterocycles. The van der Waals surface area contributed by atoms with E-state index in [0.717, 1.165) is 17.0 Å². The molecular formula is C10H14ClN5. The maximum atomic E-state index is 5.98. The zero-order valence-corrected chi connectivity index (χ0v) is 10.3. The van der Waals surface area contributed by atoms with E-state index in [2.05, 4.69) is 10.2 Å². The van der Waals surface area contributed by atoms with E-state index in [1.165, 1.54) is 0 Å². The van der Waals surface area contributed by atoms with E-state index >= 15 is 0 Å². The van der Waals surface area contributed by atoms with Crippen LogP contribution in [0.3, 0.4) is 0 Å². The van der Waals surface area contributed by atoms with Gasteiger partial charge in [0, 0.05) is 18.3 Å². The normalized spacial score (nSPS) is 11.0. The molecule has 0 aliphatic carbocycles. The highest BCUT2D eigenvalue weighted by Crippen LogP contribution is 2.23. The summed E-state index contributed by atoms with van der Waals surface area (Å²) in [5.41, 5.74) is 8.79. The van der Waals surface area contributed by atoms with Crippen LogP contribution in [0.5, 0.6) is 0 Å². The van der Waals surface area contributed by atoms with Crippen molar-refractivity contribution in [1.29, 1.82) is 0 Å². The lowest BCUT2D eigenvalue weighted by atomic mass is 10.2. The molecule has 0 radical (unpaired) electrons. The van der Waals surface area contributed by atoms with Crippen LogP contribution in [0.4, 0.5) is 5.82 Å². The van der Waals surface area contributed by atoms with Gasteiger partial charge in [0.25, 0.3) is 0 Å². The second-order valence-corrected chi connectivity index (χ2v) is 4.20. The maximum Gasteiger partial charge on any atom is 0.141 e. The molecule has 2 heterocycles. The minimum Gasteiger partial charge on any atom is -0.383 e. The van der Waals surface area contributed by atoms with Crippen molar-refractivity contribution in [2.24, 2.45) is 7.05 Å². The van der Waals surface area contributed by atoms with Gasteiger partial charge in [0.15, 0.2) is 0 Å². The highest BCUT2D eigenvalue weighted by Gasteiger charge is 2.12. The number of hydrogen-bond donors (Lipinski definition) is 1. The van der Waals surface area contributed by atoms with Crippen LogP contribution in [0.1, 0.15) is 17.0 Å². The van der Waals surface area contributed by atoms with Gasteiger partial charge >= 0.3 is 0 Å². The van der Waals surface area contributed by atoms with Crippen LogP contribution in [-0.2, 0) is 13.6 Å². The smallest absolute Gasteiger partial charge is 0.141 e. The average molecular weight is 240 g/mol. The first-order valence-electron chi connectivity index (χ1n) is 4.96. The summed E-state index contributed by atoms with van der Waals surface area (Å²) in [7, 11) is 1.91. The Labute approximate surface area is 98.8 Å². The lowest BCUT2D eigenvalue weighted by molar-refractivity contribution is 0.681. The lowest BCUT2D eigenvalue weighted by Crippen LogP contribution is -2.07. The molecule has 0 atom stereocenters. The van der Waals surface area contributed by atoms with Gasteiger partial charge in [-0.25, -0.2) is 4.68 Å². The molecule has 0 amide bonds. The summed E-state index contributed by atoms with van der Waals surface area (Å²) < 4.78 is 3.52. The molecule has 0 unspecified atom stereocenters. The first-order valence-corrected chi connectivity index (χ1v) is 5.34. The Balaban J connectivity index is 2.34. The highest BCUT2D eigenvalue weighted by atomic mass is 35.5. The summed E-state index contributed by atoms with van der Waals surface area (Å²) in [5, 5.41) is 8.98. The number of nitrogens with two attached hydrogens (primary N) is 1. The number of hydrogen-bond acceptors (Lipinski definition) is 3. The Morgan fingerprint density at radius 2 is 2.12 bits per heavy atom. The number of nitrogen functional groups attached to an aromatic ring is 1. The summed E-state index contributed by atoms with van der Waals surface area (Å²) in [6, 6.07) is 0. The van der Waals surface area contributed by atoms with Crippen LogP contribution >= 0.6 is 11.6 Å². The Morgan fingerprint density at radius 1 is 1.44 bits per heavy atom. The van der Waals surface area contributed by atoms with Crippen LogP contribution in [0.15, 0.2) is 6.20 Å². The van der Waals surface area contributed by atoms with Crippen LogP contribution < -0.4 is 5.73 Å². The molecule has 0 aromatic carbocycles. The summed E-state index contributed by atoms with van der Waals surface area (Å²) in [4.78, 5) is 0. The molecule has 0 bridgehead atoms. The van der Waals surface area contributed by atoms with E-state index in [0.29, 0.717) is 17.4 Å². The van der Waals surface area contributed by atoms with Gasteiger partial charge < -0.3 is 5.73 Å². The monoisotopic (exact) mass is 239 g/mol. The Bertz CT molecular complexity index is 526. The molecule has 16 heavy (non-hydrogen) atoms. The molecular weight excluding hydrogens is 226 g/mol. The SMILES string of the molecule is Cc1nn(Cc2cnn(C)c2C)c(N)c1Cl. The first-order chi connectivity index (χ1) is 7.50. The van der Waals surface area contributed by atoms with E-state index in [1.54, 1.807) is 4.68 Å². The number of halogens is 1. The predicted octanol–water partition coefficient (Wildman–Crippen LogP) is 1.52. The summed E-state index contributed by atoms with van der Waals surface area (Å²) >= 11 is 5.98. The van der Waals surface area contributed by atoms with Crippen molar-refractivity contribution in [1.82, 2.24) is 19.6 Å². The van der Waals surface area contributed by atoms with Crippen LogP contribution in [0.25, 0.3) is 0 Å². The zero-order chi connectivity index (χ0) is 11.9. The fraction of sp³-hybridized carbons (Fsp3) is 0.400. The second kappa shape index (κ2) is 3.83. The minimum atomic E-state index is 0.502. The van der Waals surface area contributed by atoms with Crippen molar-refractivity contribution in [3.05, 3.63) is 28.2 Å². The summed E-state index contributed by atoms with van der Waals surface area (Å²) in [6.45, 7) is 4.45. The van der Waals surface area contributed by atoms with Crippen LogP contribution in [0, 0.1) is 13.8 Å². The van der Waals surface area contributed by atoms with E-state index in [4.69, 9.17) is 17.3 Å². The van der Waals surface area contributed by atoms with Gasteiger partial charge in [-0.2, -0.15) is 10.2 Å². The molecule has 2 N–H and O–H groups in total. The second-order valence-electron chi connectivity index (χ2n) is 3.82. The molecule has 2 aromatic rings. The van der Waals surface area contributed by atoms with Crippen LogP contribution in [-0.4, -0.2) is 19.6 Å². The van der Waals surface area contributed by atoms with Crippen molar-refractivity contribution < 1.29 is 0 Å². The molecule has 0 saturated carbocycles. The molecule has 5 nitrogen and oxygen atoms in total. The van der Waals surface area contributed by atoms with E-state index in [1.807, 2.05) is 31.8 Å². The third-order valence-corrected chi connectivity index (χ3v) is 3.22. The summed E-state index contributed by atoms with van der Waals surface area (Å²) in [6.07, 6.45) is 1.82. The highest BCUT2D eigenvalue weighted by molar-refractivity contribution is 6.33. The molecule has 2 aromatic heterocycles. The van der Waals surface area contributed by atoms with Crippen molar-refractivity contribution in [3.63, 3.8) is 0 Å². The van der Waals surface area contributed by atoms with Crippen LogP contribution in [0.2, 0.25) is 5.02 Å². The zero-order valence-electron chi connectivity index (χ0n) is 9.53. The molecule has 0 aliphatic rings. The van der Waals surface area contributed by atoms with Gasteiger partial charge in [0.05, 0.1) is 18.4 Å². The number of anilines is 1. The van der Waals surface area contributed by atoms with E-state index in [9.17, 15) is 0 Å². The largest absolute Gasteiger partial charge is 0.383 e. The van der Waals surface area contributed by atoms with Gasteiger partial charge in [-0.1, -0.05) is 11.6 Å². The molecule has 0 fully saturated rings. The number of aryl methyl sites for hydroxylation is 2. The Morgan fingerprint density at radius 3 is 2.56 bits per heavy atom. The molecule has 0 aliphatic heterocycles. The number of nitrogens with zero attached hydrogens (tertiary/aromatic N) is 4. The number of aromatic nitrogens is 4. The maximum absolute atomic E-state index is 5.98. The third-order valence-electron chi connectivity index (χ3n) is 2.75. The van der Waals surface area contributed by atoms with Crippen molar-refractivity contribution in [3.8, 4) is 0 Å². The first kappa shape index (κ1) is 11.0. The summed E-state index contributed by atoms with van der Waals surface area (Å²) in [5.74, 6) is 0.502. The predicted molar refractivity (Wildman–Crippen MR) is 63.4 cm³/mol. The lowest BCUT2D eigenvalue weighted by Gasteiger charge is -2.03. The van der Waals surface area contributed by atoms with E-state index < -0.39 is 0 Å². The molecule has 2 rings (SSSR count). The molecule has 86 valence electrons. The quantitative estimate of drug-likeness (QED) is 0.864. The Kier molecular flexibility index (Phi) is 2.63. The molecule has 6 heteroatoms. The van der Waals surface area contributed by atoms with Gasteiger partial charge in [0.1, 0.15) is 10.8 Å². The minimum absolute atomic E-state index is 0.502. The topological polar surface area (TPSA) is 61.7 Å². The van der Waals surface area contributed by atoms with Gasteiger partial charge in [0.2, 0.25) is 0 Å². The third kappa shape index (κ3) is 1.67. The number of rotatable bonds is 2.